The zero-order valence-corrected chi connectivity index (χ0v) is 44.0. The molecule has 1 spiro atoms. The van der Waals surface area contributed by atoms with E-state index in [2.05, 4.69) is 37.2 Å². The molecule has 15 N–H and O–H groups in total. The fraction of sp³-hybridized carbons (Fsp3) is 0.646. The summed E-state index contributed by atoms with van der Waals surface area (Å²) in [4.78, 5) is 151. The fourth-order valence-corrected chi connectivity index (χ4v) is 11.8. The summed E-state index contributed by atoms with van der Waals surface area (Å²) >= 11 is 0. The van der Waals surface area contributed by atoms with Gasteiger partial charge in [-0.1, -0.05) is 73.3 Å². The lowest BCUT2D eigenvalue weighted by atomic mass is 9.74. The predicted octanol–water partition coefficient (Wildman–Crippen LogP) is -1.99. The van der Waals surface area contributed by atoms with E-state index < -0.39 is 138 Å². The standard InChI is InChI=1S/C48H74N12O12S2/c1-4-27(2)39-45(69)54-30(16-17-36(50)61)40(64)55-33(23-37(51)62)42(66)59-43(67)34(56-44(68)35-11-9-21-60(35)46(70)31(10-8-20-49)53-24-38(52)63)25-73-74-26-48(18-6-5-7-19-48)47(71)57-32(41(65)58-39)22-28-12-14-29(72-3)15-13-28/h12-15,27,30-35,39,53H,4-11,16-26,49H2,1-3H3,(H2,50,61)(H2,51,62)(H2,52,63)(H,54,69)(H,55,64)(H,56,68)(H,57,71)(H,58,65)(H,59,66,67)/t27?,30-,31-,32-,33+,34-,35-,39-/m0/s1. The van der Waals surface area contributed by atoms with Gasteiger partial charge in [-0.2, -0.15) is 0 Å². The van der Waals surface area contributed by atoms with Gasteiger partial charge >= 0.3 is 0 Å². The Labute approximate surface area is 438 Å². The van der Waals surface area contributed by atoms with Crippen molar-refractivity contribution in [1.29, 1.82) is 0 Å². The number of benzene rings is 1. The first-order chi connectivity index (χ1) is 35.2. The van der Waals surface area contributed by atoms with E-state index in [1.807, 2.05) is 0 Å². The number of hydrogen-bond donors (Lipinski definition) is 11. The Morgan fingerprint density at radius 3 is 2.11 bits per heavy atom. The smallest absolute Gasteiger partial charge is 0.250 e. The molecule has 2 heterocycles. The number of likely N-dealkylation sites (tertiary alicyclic amines) is 1. The third-order valence-corrected chi connectivity index (χ3v) is 16.1. The van der Waals surface area contributed by atoms with Crippen molar-refractivity contribution in [2.24, 2.45) is 34.3 Å². The molecule has 1 unspecified atom stereocenters. The number of ether oxygens (including phenoxy) is 1. The number of carbonyl (C=O) groups is 11. The molecule has 1 saturated carbocycles. The molecule has 26 heteroatoms. The maximum Gasteiger partial charge on any atom is 0.250 e. The van der Waals surface area contributed by atoms with E-state index in [-0.39, 0.29) is 50.4 Å². The summed E-state index contributed by atoms with van der Waals surface area (Å²) in [7, 11) is 3.87. The van der Waals surface area contributed by atoms with Crippen LogP contribution in [0.1, 0.15) is 103 Å². The van der Waals surface area contributed by atoms with Crippen LogP contribution in [0.15, 0.2) is 24.3 Å². The minimum absolute atomic E-state index is 0.00601. The normalized spacial score (nSPS) is 24.4. The van der Waals surface area contributed by atoms with Crippen LogP contribution in [0, 0.1) is 11.3 Å². The van der Waals surface area contributed by atoms with E-state index >= 15 is 0 Å². The predicted molar refractivity (Wildman–Crippen MR) is 276 cm³/mol. The molecule has 1 aromatic rings. The van der Waals surface area contributed by atoms with E-state index in [1.54, 1.807) is 38.1 Å². The van der Waals surface area contributed by atoms with Crippen LogP contribution in [0.3, 0.4) is 0 Å². The van der Waals surface area contributed by atoms with Crippen LogP contribution in [0.2, 0.25) is 0 Å². The summed E-state index contributed by atoms with van der Waals surface area (Å²) in [6.45, 7) is 3.60. The second-order valence-electron chi connectivity index (χ2n) is 19.1. The zero-order valence-electron chi connectivity index (χ0n) is 42.3. The van der Waals surface area contributed by atoms with Crippen molar-refractivity contribution in [2.45, 2.75) is 146 Å². The summed E-state index contributed by atoms with van der Waals surface area (Å²) in [6.07, 6.45) is 3.17. The largest absolute Gasteiger partial charge is 0.497 e. The third-order valence-electron chi connectivity index (χ3n) is 13.5. The van der Waals surface area contributed by atoms with Gasteiger partial charge in [-0.25, -0.2) is 0 Å². The molecule has 2 aliphatic heterocycles. The van der Waals surface area contributed by atoms with Gasteiger partial charge in [0.15, 0.2) is 0 Å². The number of nitrogens with one attached hydrogen (secondary N) is 7. The highest BCUT2D eigenvalue weighted by molar-refractivity contribution is 8.76. The van der Waals surface area contributed by atoms with Crippen molar-refractivity contribution in [2.75, 3.05) is 38.2 Å². The lowest BCUT2D eigenvalue weighted by Crippen LogP contribution is -2.61. The second kappa shape index (κ2) is 29.8. The topological polar surface area (TPSA) is 389 Å². The van der Waals surface area contributed by atoms with E-state index in [4.69, 9.17) is 27.7 Å². The van der Waals surface area contributed by atoms with Crippen LogP contribution < -0.4 is 64.9 Å². The van der Waals surface area contributed by atoms with Crippen molar-refractivity contribution < 1.29 is 57.5 Å². The lowest BCUT2D eigenvalue weighted by molar-refractivity contribution is -0.141. The van der Waals surface area contributed by atoms with Crippen LogP contribution >= 0.6 is 21.6 Å². The van der Waals surface area contributed by atoms with Crippen molar-refractivity contribution in [3.63, 3.8) is 0 Å². The van der Waals surface area contributed by atoms with Gasteiger partial charge in [-0.15, -0.1) is 0 Å². The maximum absolute atomic E-state index is 14.8. The van der Waals surface area contributed by atoms with E-state index in [9.17, 15) is 52.7 Å². The molecular weight excluding hydrogens is 1000 g/mol. The first kappa shape index (κ1) is 60.6. The number of nitrogens with two attached hydrogens (primary N) is 4. The Morgan fingerprint density at radius 1 is 0.811 bits per heavy atom. The Hall–Kier alpha value is -5.99. The maximum atomic E-state index is 14.8. The second-order valence-corrected chi connectivity index (χ2v) is 21.6. The van der Waals surface area contributed by atoms with Gasteiger partial charge in [-0.3, -0.25) is 63.4 Å². The van der Waals surface area contributed by atoms with Gasteiger partial charge in [0.05, 0.1) is 31.5 Å². The van der Waals surface area contributed by atoms with Crippen molar-refractivity contribution in [3.05, 3.63) is 29.8 Å². The number of methoxy groups -OCH3 is 1. The van der Waals surface area contributed by atoms with Crippen LogP contribution in [0.25, 0.3) is 0 Å². The molecule has 3 fully saturated rings. The van der Waals surface area contributed by atoms with Crippen LogP contribution in [-0.4, -0.2) is 150 Å². The van der Waals surface area contributed by atoms with Gasteiger partial charge in [0.1, 0.15) is 42.0 Å². The molecule has 2 saturated heterocycles. The highest BCUT2D eigenvalue weighted by atomic mass is 33.1. The molecule has 8 atom stereocenters. The summed E-state index contributed by atoms with van der Waals surface area (Å²) in [5, 5.41) is 18.4. The number of imide groups is 1. The molecule has 1 aromatic carbocycles. The fourth-order valence-electron chi connectivity index (χ4n) is 9.02. The number of primary amides is 3. The number of amides is 11. The Kier molecular flexibility index (Phi) is 24.4. The van der Waals surface area contributed by atoms with Gasteiger partial charge in [-0.05, 0) is 75.1 Å². The van der Waals surface area contributed by atoms with Gasteiger partial charge in [0.25, 0.3) is 0 Å². The number of rotatable bonds is 19. The summed E-state index contributed by atoms with van der Waals surface area (Å²) in [5.74, 6) is -9.12. The Bertz CT molecular complexity index is 2180. The van der Waals surface area contributed by atoms with Crippen molar-refractivity contribution in [1.82, 2.24) is 42.1 Å². The molecule has 4 rings (SSSR count). The molecule has 410 valence electrons. The Balaban J connectivity index is 1.76. The van der Waals surface area contributed by atoms with Crippen molar-refractivity contribution in [3.8, 4) is 5.75 Å². The molecular formula is C48H74N12O12S2. The highest BCUT2D eigenvalue weighted by Gasteiger charge is 2.43. The summed E-state index contributed by atoms with van der Waals surface area (Å²) in [6, 6.07) is -2.48. The first-order valence-corrected chi connectivity index (χ1v) is 27.5. The number of carbonyl (C=O) groups excluding carboxylic acids is 11. The average Bonchev–Trinajstić information content (AvgIpc) is 3.87. The lowest BCUT2D eigenvalue weighted by Gasteiger charge is -2.37. The molecule has 0 radical (unpaired) electrons. The molecule has 0 bridgehead atoms. The van der Waals surface area contributed by atoms with Gasteiger partial charge in [0, 0.05) is 30.9 Å². The van der Waals surface area contributed by atoms with Crippen LogP contribution in [0.4, 0.5) is 0 Å². The van der Waals surface area contributed by atoms with Gasteiger partial charge < -0.3 is 59.2 Å². The SMILES string of the molecule is CCC(C)[C@@H]1NC(=O)[C@H](Cc2ccc(OC)cc2)NC(=O)C2(CCCCC2)CSSC[C@H](NC(=O)[C@@H]2CCCN2C(=O)[C@H](CCCN)NCC(N)=O)C(=O)NC(=O)[C@@H](CC(N)=O)NC(=O)[C@H](CCC(N)=O)NC1=O. The minimum Gasteiger partial charge on any atom is -0.497 e. The van der Waals surface area contributed by atoms with Crippen molar-refractivity contribution >= 4 is 86.6 Å². The highest BCUT2D eigenvalue weighted by Crippen LogP contribution is 2.42. The summed E-state index contributed by atoms with van der Waals surface area (Å²) < 4.78 is 5.32. The molecule has 1 aliphatic carbocycles. The third kappa shape index (κ3) is 18.1. The molecule has 74 heavy (non-hydrogen) atoms. The Morgan fingerprint density at radius 2 is 1.49 bits per heavy atom. The van der Waals surface area contributed by atoms with E-state index in [0.717, 1.165) is 17.2 Å². The molecule has 0 aromatic heterocycles. The first-order valence-electron chi connectivity index (χ1n) is 25.1. The number of hydrogen-bond acceptors (Lipinski definition) is 16. The van der Waals surface area contributed by atoms with Gasteiger partial charge in [0.2, 0.25) is 65.0 Å². The average molecular weight is 1080 g/mol. The van der Waals surface area contributed by atoms with Crippen LogP contribution in [0.5, 0.6) is 5.75 Å². The monoisotopic (exact) mass is 1070 g/mol. The number of nitrogens with zero attached hydrogens (tertiary/aromatic N) is 1. The van der Waals surface area contributed by atoms with E-state index in [1.165, 1.54) is 22.8 Å². The minimum atomic E-state index is -1.82. The molecule has 3 aliphatic rings. The summed E-state index contributed by atoms with van der Waals surface area (Å²) in [5.41, 5.74) is 21.7. The van der Waals surface area contributed by atoms with Crippen LogP contribution in [-0.2, 0) is 59.2 Å². The molecule has 24 nitrogen and oxygen atoms in total. The zero-order chi connectivity index (χ0) is 54.5. The van der Waals surface area contributed by atoms with E-state index in [0.29, 0.717) is 56.3 Å². The molecule has 11 amide bonds. The quantitative estimate of drug-likeness (QED) is 0.0528.